The van der Waals surface area contributed by atoms with Gasteiger partial charge in [0.1, 0.15) is 0 Å². The summed E-state index contributed by atoms with van der Waals surface area (Å²) >= 11 is 3.38. The fourth-order valence-corrected chi connectivity index (χ4v) is 3.30. The van der Waals surface area contributed by atoms with Gasteiger partial charge in [-0.1, -0.05) is 22.9 Å². The Bertz CT molecular complexity index is 477. The van der Waals surface area contributed by atoms with E-state index in [1.807, 2.05) is 32.9 Å². The lowest BCUT2D eigenvalue weighted by atomic mass is 10.1. The van der Waals surface area contributed by atoms with Gasteiger partial charge in [0.05, 0.1) is 5.69 Å². The van der Waals surface area contributed by atoms with Crippen molar-refractivity contribution in [3.63, 3.8) is 0 Å². The summed E-state index contributed by atoms with van der Waals surface area (Å²) in [6.45, 7) is 6.09. The summed E-state index contributed by atoms with van der Waals surface area (Å²) in [4.78, 5) is 0. The van der Waals surface area contributed by atoms with Gasteiger partial charge in [-0.15, -0.1) is 0 Å². The standard InChI is InChI=1S/C11H17BrN2O2S/c1-4-5-13-17(15,16)14-11-8(2)6-10(12)7-9(11)3/h6-7,13-14H,4-5H2,1-3H3. The first kappa shape index (κ1) is 14.5. The minimum atomic E-state index is -3.47. The predicted octanol–water partition coefficient (Wildman–Crippen LogP) is 2.72. The third-order valence-electron chi connectivity index (χ3n) is 2.28. The molecule has 1 rings (SSSR count). The first-order valence-corrected chi connectivity index (χ1v) is 7.67. The van der Waals surface area contributed by atoms with E-state index in [2.05, 4.69) is 25.4 Å². The third kappa shape index (κ3) is 4.29. The zero-order chi connectivity index (χ0) is 13.1. The van der Waals surface area contributed by atoms with Crippen molar-refractivity contribution in [1.29, 1.82) is 0 Å². The van der Waals surface area contributed by atoms with E-state index in [1.165, 1.54) is 0 Å². The molecule has 0 amide bonds. The van der Waals surface area contributed by atoms with Crippen LogP contribution in [-0.4, -0.2) is 15.0 Å². The van der Waals surface area contributed by atoms with Crippen LogP contribution in [0.2, 0.25) is 0 Å². The number of nitrogens with one attached hydrogen (secondary N) is 2. The molecule has 0 aliphatic carbocycles. The highest BCUT2D eigenvalue weighted by molar-refractivity contribution is 9.10. The van der Waals surface area contributed by atoms with Crippen LogP contribution in [0.4, 0.5) is 5.69 Å². The van der Waals surface area contributed by atoms with Gasteiger partial charge in [0.15, 0.2) is 0 Å². The van der Waals surface area contributed by atoms with Gasteiger partial charge in [0, 0.05) is 11.0 Å². The molecule has 96 valence electrons. The van der Waals surface area contributed by atoms with Crippen LogP contribution in [0, 0.1) is 13.8 Å². The van der Waals surface area contributed by atoms with E-state index in [-0.39, 0.29) is 0 Å². The highest BCUT2D eigenvalue weighted by Crippen LogP contribution is 2.25. The van der Waals surface area contributed by atoms with Gasteiger partial charge in [0.25, 0.3) is 10.2 Å². The lowest BCUT2D eigenvalue weighted by molar-refractivity contribution is 0.586. The van der Waals surface area contributed by atoms with Crippen molar-refractivity contribution < 1.29 is 8.42 Å². The molecule has 1 aromatic rings. The predicted molar refractivity (Wildman–Crippen MR) is 74.5 cm³/mol. The SMILES string of the molecule is CCCNS(=O)(=O)Nc1c(C)cc(Br)cc1C. The minimum absolute atomic E-state index is 0.434. The summed E-state index contributed by atoms with van der Waals surface area (Å²) < 4.78 is 29.4. The van der Waals surface area contributed by atoms with Crippen molar-refractivity contribution in [2.24, 2.45) is 0 Å². The molecular weight excluding hydrogens is 304 g/mol. The second-order valence-electron chi connectivity index (χ2n) is 3.91. The van der Waals surface area contributed by atoms with E-state index < -0.39 is 10.2 Å². The van der Waals surface area contributed by atoms with Crippen LogP contribution in [0.3, 0.4) is 0 Å². The Kier molecular flexibility index (Phi) is 4.97. The molecule has 0 saturated heterocycles. The number of halogens is 1. The maximum absolute atomic E-state index is 11.7. The zero-order valence-corrected chi connectivity index (χ0v) is 12.6. The molecule has 4 nitrogen and oxygen atoms in total. The maximum Gasteiger partial charge on any atom is 0.299 e. The molecule has 0 aliphatic heterocycles. The molecule has 0 aromatic heterocycles. The number of hydrogen-bond acceptors (Lipinski definition) is 2. The van der Waals surface area contributed by atoms with Crippen molar-refractivity contribution in [2.75, 3.05) is 11.3 Å². The van der Waals surface area contributed by atoms with Gasteiger partial charge in [0.2, 0.25) is 0 Å². The average Bonchev–Trinajstić information content (AvgIpc) is 2.21. The molecule has 0 aliphatic rings. The van der Waals surface area contributed by atoms with Crippen LogP contribution < -0.4 is 9.44 Å². The number of anilines is 1. The number of benzene rings is 1. The summed E-state index contributed by atoms with van der Waals surface area (Å²) in [7, 11) is -3.47. The van der Waals surface area contributed by atoms with Gasteiger partial charge in [-0.2, -0.15) is 13.1 Å². The summed E-state index contributed by atoms with van der Waals surface area (Å²) in [5, 5.41) is 0. The number of rotatable bonds is 5. The van der Waals surface area contributed by atoms with E-state index in [9.17, 15) is 8.42 Å². The monoisotopic (exact) mass is 320 g/mol. The second kappa shape index (κ2) is 5.84. The van der Waals surface area contributed by atoms with E-state index in [4.69, 9.17) is 0 Å². The molecule has 2 N–H and O–H groups in total. The lowest BCUT2D eigenvalue weighted by Gasteiger charge is -2.14. The fourth-order valence-electron chi connectivity index (χ4n) is 1.48. The molecule has 0 unspecified atom stereocenters. The topological polar surface area (TPSA) is 58.2 Å². The average molecular weight is 321 g/mol. The molecule has 0 bridgehead atoms. The van der Waals surface area contributed by atoms with Crippen molar-refractivity contribution in [2.45, 2.75) is 27.2 Å². The Balaban J connectivity index is 2.96. The van der Waals surface area contributed by atoms with Gasteiger partial charge in [-0.3, -0.25) is 4.72 Å². The Morgan fingerprint density at radius 3 is 2.24 bits per heavy atom. The van der Waals surface area contributed by atoms with Crippen LogP contribution >= 0.6 is 15.9 Å². The molecule has 17 heavy (non-hydrogen) atoms. The first-order chi connectivity index (χ1) is 7.85. The number of aryl methyl sites for hydroxylation is 2. The highest BCUT2D eigenvalue weighted by atomic mass is 79.9. The molecule has 0 heterocycles. The van der Waals surface area contributed by atoms with Gasteiger partial charge >= 0.3 is 0 Å². The molecule has 0 spiro atoms. The van der Waals surface area contributed by atoms with Crippen molar-refractivity contribution >= 4 is 31.8 Å². The molecule has 0 fully saturated rings. The Labute approximate surface area is 111 Å². The van der Waals surface area contributed by atoms with Crippen molar-refractivity contribution in [1.82, 2.24) is 4.72 Å². The fraction of sp³-hybridized carbons (Fsp3) is 0.455. The van der Waals surface area contributed by atoms with E-state index in [0.717, 1.165) is 22.0 Å². The van der Waals surface area contributed by atoms with Crippen molar-refractivity contribution in [3.8, 4) is 0 Å². The molecule has 0 radical (unpaired) electrons. The Morgan fingerprint density at radius 1 is 1.24 bits per heavy atom. The summed E-state index contributed by atoms with van der Waals surface area (Å²) in [6.07, 6.45) is 0.763. The summed E-state index contributed by atoms with van der Waals surface area (Å²) in [6, 6.07) is 3.76. The Hall–Kier alpha value is -0.590. The van der Waals surface area contributed by atoms with Crippen LogP contribution in [0.1, 0.15) is 24.5 Å². The normalized spacial score (nSPS) is 11.5. The van der Waals surface area contributed by atoms with Crippen LogP contribution in [0.5, 0.6) is 0 Å². The summed E-state index contributed by atoms with van der Waals surface area (Å²) in [5.74, 6) is 0. The van der Waals surface area contributed by atoms with E-state index >= 15 is 0 Å². The maximum atomic E-state index is 11.7. The molecule has 6 heteroatoms. The van der Waals surface area contributed by atoms with Gasteiger partial charge in [-0.05, 0) is 43.5 Å². The van der Waals surface area contributed by atoms with Gasteiger partial charge < -0.3 is 0 Å². The van der Waals surface area contributed by atoms with Crippen LogP contribution in [0.25, 0.3) is 0 Å². The molecule has 0 saturated carbocycles. The van der Waals surface area contributed by atoms with Crippen molar-refractivity contribution in [3.05, 3.63) is 27.7 Å². The highest BCUT2D eigenvalue weighted by Gasteiger charge is 2.12. The van der Waals surface area contributed by atoms with Gasteiger partial charge in [-0.25, -0.2) is 0 Å². The Morgan fingerprint density at radius 2 is 1.76 bits per heavy atom. The molecular formula is C11H17BrN2O2S. The lowest BCUT2D eigenvalue weighted by Crippen LogP contribution is -2.31. The summed E-state index contributed by atoms with van der Waals surface area (Å²) in [5.41, 5.74) is 2.41. The largest absolute Gasteiger partial charge is 0.299 e. The van der Waals surface area contributed by atoms with E-state index in [1.54, 1.807) is 0 Å². The smallest absolute Gasteiger partial charge is 0.271 e. The molecule has 1 aromatic carbocycles. The third-order valence-corrected chi connectivity index (χ3v) is 3.79. The van der Waals surface area contributed by atoms with Crippen LogP contribution in [-0.2, 0) is 10.2 Å². The molecule has 0 atom stereocenters. The quantitative estimate of drug-likeness (QED) is 0.876. The van der Waals surface area contributed by atoms with Crippen LogP contribution in [0.15, 0.2) is 16.6 Å². The minimum Gasteiger partial charge on any atom is -0.271 e. The first-order valence-electron chi connectivity index (χ1n) is 5.40. The van der Waals surface area contributed by atoms with E-state index in [0.29, 0.717) is 12.2 Å². The number of hydrogen-bond donors (Lipinski definition) is 2. The second-order valence-corrected chi connectivity index (χ2v) is 6.33. The zero-order valence-electron chi connectivity index (χ0n) is 10.2.